The molecule has 6 heteroatoms. The number of rotatable bonds is 11. The van der Waals surface area contributed by atoms with Gasteiger partial charge in [-0.15, -0.1) is 6.58 Å². The summed E-state index contributed by atoms with van der Waals surface area (Å²) in [7, 11) is 1.67. The van der Waals surface area contributed by atoms with Gasteiger partial charge in [-0.25, -0.2) is 0 Å². The van der Waals surface area contributed by atoms with Crippen LogP contribution in [0.4, 0.5) is 0 Å². The van der Waals surface area contributed by atoms with Gasteiger partial charge in [0.05, 0.1) is 13.2 Å². The molecule has 1 aliphatic rings. The maximum absolute atomic E-state index is 14.0. The summed E-state index contributed by atoms with van der Waals surface area (Å²) in [4.78, 5) is 16.1. The van der Waals surface area contributed by atoms with E-state index >= 15 is 0 Å². The third kappa shape index (κ3) is 6.79. The number of hydrogen-bond acceptors (Lipinski definition) is 3. The zero-order valence-corrected chi connectivity index (χ0v) is 23.6. The molecule has 0 aliphatic carbocycles. The van der Waals surface area contributed by atoms with Crippen molar-refractivity contribution < 1.29 is 9.53 Å². The Bertz CT molecular complexity index is 1210. The van der Waals surface area contributed by atoms with Crippen LogP contribution >= 0.6 is 23.2 Å². The number of nitrogens with one attached hydrogen (secondary N) is 1. The Morgan fingerprint density at radius 2 is 1.79 bits per heavy atom. The zero-order chi connectivity index (χ0) is 27.1. The van der Waals surface area contributed by atoms with Gasteiger partial charge in [-0.2, -0.15) is 0 Å². The lowest BCUT2D eigenvalue weighted by atomic mass is 9.74. The topological polar surface area (TPSA) is 41.6 Å². The number of carbonyl (C=O) groups excluding carboxylic acids is 1. The van der Waals surface area contributed by atoms with Gasteiger partial charge in [0.25, 0.3) is 0 Å². The van der Waals surface area contributed by atoms with Crippen molar-refractivity contribution in [3.8, 4) is 5.75 Å². The van der Waals surface area contributed by atoms with Gasteiger partial charge in [0.15, 0.2) is 0 Å². The highest BCUT2D eigenvalue weighted by atomic mass is 35.5. The van der Waals surface area contributed by atoms with Gasteiger partial charge in [0.2, 0.25) is 5.91 Å². The van der Waals surface area contributed by atoms with Crippen molar-refractivity contribution in [2.24, 2.45) is 5.92 Å². The Balaban J connectivity index is 1.58. The number of amides is 1. The van der Waals surface area contributed by atoms with E-state index in [4.69, 9.17) is 27.9 Å². The van der Waals surface area contributed by atoms with Crippen LogP contribution in [0.25, 0.3) is 0 Å². The van der Waals surface area contributed by atoms with Crippen LogP contribution in [0.15, 0.2) is 85.5 Å². The summed E-state index contributed by atoms with van der Waals surface area (Å²) in [5.74, 6) is 1.02. The van der Waals surface area contributed by atoms with Crippen molar-refractivity contribution in [3.63, 3.8) is 0 Å². The van der Waals surface area contributed by atoms with Crippen LogP contribution in [0.1, 0.15) is 54.8 Å². The maximum atomic E-state index is 14.0. The fourth-order valence-corrected chi connectivity index (χ4v) is 5.83. The Morgan fingerprint density at radius 1 is 1.05 bits per heavy atom. The van der Waals surface area contributed by atoms with E-state index in [1.54, 1.807) is 7.11 Å². The number of likely N-dealkylation sites (tertiary alicyclic amines) is 1. The van der Waals surface area contributed by atoms with Crippen LogP contribution in [0.5, 0.6) is 5.75 Å². The first-order valence-corrected chi connectivity index (χ1v) is 13.9. The lowest BCUT2D eigenvalue weighted by Gasteiger charge is -2.48. The van der Waals surface area contributed by atoms with Crippen LogP contribution in [0.3, 0.4) is 0 Å². The van der Waals surface area contributed by atoms with Crippen LogP contribution < -0.4 is 10.1 Å². The summed E-state index contributed by atoms with van der Waals surface area (Å²) in [6, 6.07) is 23.9. The second kappa shape index (κ2) is 13.3. The van der Waals surface area contributed by atoms with Crippen molar-refractivity contribution in [2.45, 2.75) is 50.7 Å². The molecular formula is C32H36Cl2N2O2. The first kappa shape index (κ1) is 28.2. The summed E-state index contributed by atoms with van der Waals surface area (Å²) < 4.78 is 5.25. The number of allylic oxidation sites excluding steroid dienone is 1. The molecule has 0 aromatic heterocycles. The first-order chi connectivity index (χ1) is 18.4. The average Bonchev–Trinajstić information content (AvgIpc) is 2.92. The highest BCUT2D eigenvalue weighted by molar-refractivity contribution is 6.30. The molecular weight excluding hydrogens is 515 g/mol. The molecule has 3 aromatic rings. The van der Waals surface area contributed by atoms with Gasteiger partial charge in [-0.05, 0) is 85.8 Å². The number of nitrogens with zero attached hydrogens (tertiary/aromatic N) is 1. The van der Waals surface area contributed by atoms with Gasteiger partial charge in [-0.1, -0.05) is 65.7 Å². The number of ether oxygens (including phenoxy) is 1. The molecule has 3 aromatic carbocycles. The Hall–Kier alpha value is -2.79. The molecule has 1 aliphatic heterocycles. The number of piperidine rings is 1. The van der Waals surface area contributed by atoms with E-state index in [1.807, 2.05) is 60.7 Å². The van der Waals surface area contributed by atoms with E-state index in [2.05, 4.69) is 41.9 Å². The van der Waals surface area contributed by atoms with Crippen LogP contribution in [0, 0.1) is 5.92 Å². The van der Waals surface area contributed by atoms with Gasteiger partial charge in [0, 0.05) is 34.5 Å². The fraction of sp³-hybridized carbons (Fsp3) is 0.344. The SMILES string of the molecule is C=CCC1CC(c2cccc(Cl)c2)C(c2ccc(Cl)cc2)N(C(C)CCNCc2ccc(OC)cc2)C1=O. The molecule has 4 rings (SSSR count). The lowest BCUT2D eigenvalue weighted by molar-refractivity contribution is -0.146. The number of carbonyl (C=O) groups is 1. The predicted molar refractivity (Wildman–Crippen MR) is 157 cm³/mol. The Kier molecular flexibility index (Phi) is 9.90. The zero-order valence-electron chi connectivity index (χ0n) is 22.1. The Morgan fingerprint density at radius 3 is 2.45 bits per heavy atom. The average molecular weight is 552 g/mol. The van der Waals surface area contributed by atoms with E-state index in [0.29, 0.717) is 16.5 Å². The van der Waals surface area contributed by atoms with E-state index in [0.717, 1.165) is 42.8 Å². The molecule has 1 amide bonds. The molecule has 0 radical (unpaired) electrons. The van der Waals surface area contributed by atoms with Crippen molar-refractivity contribution in [2.75, 3.05) is 13.7 Å². The van der Waals surface area contributed by atoms with Crippen molar-refractivity contribution in [3.05, 3.63) is 112 Å². The minimum atomic E-state index is -0.116. The number of benzene rings is 3. The predicted octanol–water partition coefficient (Wildman–Crippen LogP) is 7.82. The second-order valence-electron chi connectivity index (χ2n) is 10.0. The minimum absolute atomic E-state index is 0.0286. The molecule has 1 saturated heterocycles. The van der Waals surface area contributed by atoms with E-state index in [1.165, 1.54) is 5.56 Å². The smallest absolute Gasteiger partial charge is 0.226 e. The molecule has 1 N–H and O–H groups in total. The van der Waals surface area contributed by atoms with Crippen molar-refractivity contribution in [1.29, 1.82) is 0 Å². The van der Waals surface area contributed by atoms with Crippen molar-refractivity contribution >= 4 is 29.1 Å². The van der Waals surface area contributed by atoms with Gasteiger partial charge >= 0.3 is 0 Å². The normalized spacial score (nSPS) is 20.3. The van der Waals surface area contributed by atoms with E-state index in [9.17, 15) is 4.79 Å². The quantitative estimate of drug-likeness (QED) is 0.195. The number of halogens is 2. The monoisotopic (exact) mass is 550 g/mol. The molecule has 0 saturated carbocycles. The first-order valence-electron chi connectivity index (χ1n) is 13.2. The molecule has 38 heavy (non-hydrogen) atoms. The summed E-state index contributed by atoms with van der Waals surface area (Å²) in [6.45, 7) is 7.64. The standard InChI is InChI=1S/C32H36Cl2N2O2/c1-4-6-26-20-30(25-7-5-8-28(34)19-25)31(24-11-13-27(33)14-12-24)36(32(26)37)22(2)17-18-35-21-23-9-15-29(38-3)16-10-23/h4-5,7-16,19,22,26,30-31,35H,1,6,17-18,20-21H2,2-3H3. The third-order valence-electron chi connectivity index (χ3n) is 7.46. The van der Waals surface area contributed by atoms with Crippen LogP contribution in [0.2, 0.25) is 10.0 Å². The highest BCUT2D eigenvalue weighted by Crippen LogP contribution is 2.47. The van der Waals surface area contributed by atoms with E-state index in [-0.39, 0.29) is 29.8 Å². The van der Waals surface area contributed by atoms with Crippen molar-refractivity contribution in [1.82, 2.24) is 10.2 Å². The van der Waals surface area contributed by atoms with Crippen LogP contribution in [-0.2, 0) is 11.3 Å². The van der Waals surface area contributed by atoms with Gasteiger partial charge < -0.3 is 15.0 Å². The fourth-order valence-electron chi connectivity index (χ4n) is 5.50. The summed E-state index contributed by atoms with van der Waals surface area (Å²) in [5.41, 5.74) is 3.43. The van der Waals surface area contributed by atoms with Gasteiger partial charge in [0.1, 0.15) is 5.75 Å². The van der Waals surface area contributed by atoms with E-state index < -0.39 is 0 Å². The number of methoxy groups -OCH3 is 1. The molecule has 0 bridgehead atoms. The Labute approximate surface area is 236 Å². The molecule has 4 atom stereocenters. The third-order valence-corrected chi connectivity index (χ3v) is 7.95. The van der Waals surface area contributed by atoms with Crippen LogP contribution in [-0.4, -0.2) is 30.5 Å². The molecule has 0 spiro atoms. The highest BCUT2D eigenvalue weighted by Gasteiger charge is 2.44. The summed E-state index contributed by atoms with van der Waals surface area (Å²) >= 11 is 12.7. The minimum Gasteiger partial charge on any atom is -0.497 e. The lowest BCUT2D eigenvalue weighted by Crippen LogP contribution is -2.51. The molecule has 4 nitrogen and oxygen atoms in total. The van der Waals surface area contributed by atoms with Gasteiger partial charge in [-0.3, -0.25) is 4.79 Å². The molecule has 1 heterocycles. The summed E-state index contributed by atoms with van der Waals surface area (Å²) in [6.07, 6.45) is 4.09. The maximum Gasteiger partial charge on any atom is 0.226 e. The molecule has 4 unspecified atom stereocenters. The number of hydrogen-bond donors (Lipinski definition) is 1. The summed E-state index contributed by atoms with van der Waals surface area (Å²) in [5, 5.41) is 4.93. The second-order valence-corrected chi connectivity index (χ2v) is 10.9. The molecule has 200 valence electrons. The largest absolute Gasteiger partial charge is 0.497 e. The molecule has 1 fully saturated rings.